The van der Waals surface area contributed by atoms with Gasteiger partial charge in [0, 0.05) is 10.6 Å². The Kier molecular flexibility index (Phi) is 5.80. The van der Waals surface area contributed by atoms with E-state index in [-0.39, 0.29) is 30.6 Å². The first kappa shape index (κ1) is 16.3. The zero-order valence-corrected chi connectivity index (χ0v) is 12.0. The Hall–Kier alpha value is -1.78. The van der Waals surface area contributed by atoms with E-state index < -0.39 is 5.82 Å². The Balaban J connectivity index is 0.00000200. The zero-order chi connectivity index (χ0) is 13.8. The highest BCUT2D eigenvalue weighted by Gasteiger charge is 2.06. The molecule has 2 aromatic carbocycles. The zero-order valence-electron chi connectivity index (χ0n) is 10.4. The van der Waals surface area contributed by atoms with Crippen LogP contribution < -0.4 is 10.5 Å². The van der Waals surface area contributed by atoms with Crippen LogP contribution in [-0.4, -0.2) is 5.84 Å². The second-order valence-corrected chi connectivity index (χ2v) is 4.41. The molecule has 0 radical (unpaired) electrons. The first-order chi connectivity index (χ1) is 9.06. The second-order valence-electron chi connectivity index (χ2n) is 3.98. The Morgan fingerprint density at radius 1 is 1.25 bits per heavy atom. The summed E-state index contributed by atoms with van der Waals surface area (Å²) in [5, 5.41) is 7.82. The van der Waals surface area contributed by atoms with Crippen LogP contribution in [0.1, 0.15) is 11.1 Å². The van der Waals surface area contributed by atoms with Gasteiger partial charge >= 0.3 is 0 Å². The van der Waals surface area contributed by atoms with Gasteiger partial charge in [-0.15, -0.1) is 12.4 Å². The van der Waals surface area contributed by atoms with Crippen molar-refractivity contribution >= 4 is 29.8 Å². The monoisotopic (exact) mass is 314 g/mol. The maximum Gasteiger partial charge on any atom is 0.165 e. The third-order valence-corrected chi connectivity index (χ3v) is 2.76. The van der Waals surface area contributed by atoms with E-state index in [0.717, 1.165) is 5.56 Å². The van der Waals surface area contributed by atoms with Crippen LogP contribution in [0.5, 0.6) is 5.75 Å². The maximum absolute atomic E-state index is 13.7. The highest BCUT2D eigenvalue weighted by atomic mass is 35.5. The van der Waals surface area contributed by atoms with Gasteiger partial charge in [-0.25, -0.2) is 4.39 Å². The van der Waals surface area contributed by atoms with Crippen LogP contribution in [0.15, 0.2) is 42.5 Å². The molecule has 3 N–H and O–H groups in total. The molecule has 0 atom stereocenters. The smallest absolute Gasteiger partial charge is 0.165 e. The van der Waals surface area contributed by atoms with E-state index in [1.165, 1.54) is 12.1 Å². The first-order valence-corrected chi connectivity index (χ1v) is 5.95. The fourth-order valence-electron chi connectivity index (χ4n) is 1.57. The number of nitrogen functional groups attached to an aromatic ring is 1. The van der Waals surface area contributed by atoms with Gasteiger partial charge in [0.25, 0.3) is 0 Å². The van der Waals surface area contributed by atoms with Crippen molar-refractivity contribution in [1.29, 1.82) is 5.41 Å². The van der Waals surface area contributed by atoms with E-state index in [2.05, 4.69) is 0 Å². The normalized spacial score (nSPS) is 9.70. The minimum Gasteiger partial charge on any atom is -0.486 e. The van der Waals surface area contributed by atoms with Crippen molar-refractivity contribution in [3.05, 3.63) is 64.4 Å². The number of hydrogen-bond acceptors (Lipinski definition) is 2. The van der Waals surface area contributed by atoms with Crippen LogP contribution >= 0.6 is 24.0 Å². The lowest BCUT2D eigenvalue weighted by Crippen LogP contribution is -2.11. The minimum absolute atomic E-state index is 0. The molecule has 20 heavy (non-hydrogen) atoms. The summed E-state index contributed by atoms with van der Waals surface area (Å²) in [5.74, 6) is -0.611. The van der Waals surface area contributed by atoms with Gasteiger partial charge in [-0.3, -0.25) is 5.41 Å². The molecule has 106 valence electrons. The number of benzene rings is 2. The van der Waals surface area contributed by atoms with Crippen molar-refractivity contribution in [2.75, 3.05) is 0 Å². The minimum atomic E-state index is -0.547. The quantitative estimate of drug-likeness (QED) is 0.666. The second kappa shape index (κ2) is 7.12. The van der Waals surface area contributed by atoms with E-state index in [1.54, 1.807) is 24.3 Å². The molecule has 0 unspecified atom stereocenters. The summed E-state index contributed by atoms with van der Waals surface area (Å²) in [7, 11) is 0. The molecule has 0 aliphatic rings. The lowest BCUT2D eigenvalue weighted by Gasteiger charge is -2.08. The Morgan fingerprint density at radius 2 is 2.00 bits per heavy atom. The summed E-state index contributed by atoms with van der Waals surface area (Å²) >= 11 is 5.85. The standard InChI is InChI=1S/C14H12ClFN2O.ClH/c15-11-3-1-2-9(6-11)8-19-13-5-4-10(14(17)18)7-12(13)16;/h1-7H,8H2,(H3,17,18);1H. The molecular weight excluding hydrogens is 302 g/mol. The number of nitrogens with two attached hydrogens (primary N) is 1. The molecule has 0 aliphatic heterocycles. The third-order valence-electron chi connectivity index (χ3n) is 2.53. The fourth-order valence-corrected chi connectivity index (χ4v) is 1.79. The Bertz CT molecular complexity index is 620. The van der Waals surface area contributed by atoms with Crippen LogP contribution in [0.4, 0.5) is 4.39 Å². The number of hydrogen-bond donors (Lipinski definition) is 2. The molecule has 3 nitrogen and oxygen atoms in total. The molecule has 0 saturated carbocycles. The van der Waals surface area contributed by atoms with E-state index in [9.17, 15) is 4.39 Å². The maximum atomic E-state index is 13.7. The summed E-state index contributed by atoms with van der Waals surface area (Å²) in [4.78, 5) is 0. The molecule has 6 heteroatoms. The third kappa shape index (κ3) is 4.11. The van der Waals surface area contributed by atoms with E-state index in [4.69, 9.17) is 27.5 Å². The van der Waals surface area contributed by atoms with Gasteiger partial charge in [0.15, 0.2) is 11.6 Å². The van der Waals surface area contributed by atoms with Crippen molar-refractivity contribution in [2.45, 2.75) is 6.61 Å². The van der Waals surface area contributed by atoms with E-state index >= 15 is 0 Å². The fraction of sp³-hybridized carbons (Fsp3) is 0.0714. The van der Waals surface area contributed by atoms with Gasteiger partial charge in [-0.1, -0.05) is 23.7 Å². The summed E-state index contributed by atoms with van der Waals surface area (Å²) < 4.78 is 19.1. The topological polar surface area (TPSA) is 59.1 Å². The molecule has 0 heterocycles. The number of ether oxygens (including phenoxy) is 1. The average Bonchev–Trinajstić information content (AvgIpc) is 2.37. The van der Waals surface area contributed by atoms with Gasteiger partial charge < -0.3 is 10.5 Å². The molecule has 0 fully saturated rings. The molecule has 0 aromatic heterocycles. The van der Waals surface area contributed by atoms with Crippen LogP contribution in [0.2, 0.25) is 5.02 Å². The van der Waals surface area contributed by atoms with Crippen LogP contribution in [-0.2, 0) is 6.61 Å². The summed E-state index contributed by atoms with van der Waals surface area (Å²) in [6, 6.07) is 11.3. The molecule has 0 amide bonds. The molecule has 0 spiro atoms. The van der Waals surface area contributed by atoms with E-state index in [0.29, 0.717) is 10.6 Å². The van der Waals surface area contributed by atoms with Gasteiger partial charge in [0.05, 0.1) is 0 Å². The van der Waals surface area contributed by atoms with Crippen LogP contribution in [0, 0.1) is 11.2 Å². The van der Waals surface area contributed by atoms with Crippen molar-refractivity contribution in [3.8, 4) is 5.75 Å². The first-order valence-electron chi connectivity index (χ1n) is 5.57. The lowest BCUT2D eigenvalue weighted by molar-refractivity contribution is 0.290. The van der Waals surface area contributed by atoms with E-state index in [1.807, 2.05) is 6.07 Å². The van der Waals surface area contributed by atoms with Crippen LogP contribution in [0.25, 0.3) is 0 Å². The lowest BCUT2D eigenvalue weighted by atomic mass is 10.2. The largest absolute Gasteiger partial charge is 0.486 e. The highest BCUT2D eigenvalue weighted by molar-refractivity contribution is 6.30. The average molecular weight is 315 g/mol. The number of rotatable bonds is 4. The number of nitrogens with one attached hydrogen (secondary N) is 1. The van der Waals surface area contributed by atoms with Crippen LogP contribution in [0.3, 0.4) is 0 Å². The molecule has 2 aromatic rings. The molecule has 0 aliphatic carbocycles. The molecule has 0 bridgehead atoms. The van der Waals surface area contributed by atoms with Crippen molar-refractivity contribution < 1.29 is 9.13 Å². The van der Waals surface area contributed by atoms with Gasteiger partial charge in [-0.2, -0.15) is 0 Å². The number of amidine groups is 1. The van der Waals surface area contributed by atoms with Crippen molar-refractivity contribution in [1.82, 2.24) is 0 Å². The predicted molar refractivity (Wildman–Crippen MR) is 80.4 cm³/mol. The summed E-state index contributed by atoms with van der Waals surface area (Å²) in [6.07, 6.45) is 0. The predicted octanol–water partition coefficient (Wildman–Crippen LogP) is 3.76. The highest BCUT2D eigenvalue weighted by Crippen LogP contribution is 2.20. The van der Waals surface area contributed by atoms with Crippen molar-refractivity contribution in [2.24, 2.45) is 5.73 Å². The van der Waals surface area contributed by atoms with Gasteiger partial charge in [-0.05, 0) is 35.9 Å². The van der Waals surface area contributed by atoms with Crippen molar-refractivity contribution in [3.63, 3.8) is 0 Å². The van der Waals surface area contributed by atoms with Gasteiger partial charge in [0.2, 0.25) is 0 Å². The summed E-state index contributed by atoms with van der Waals surface area (Å²) in [6.45, 7) is 0.219. The molecule has 0 saturated heterocycles. The Labute approximate surface area is 127 Å². The Morgan fingerprint density at radius 3 is 2.60 bits per heavy atom. The SMILES string of the molecule is Cl.N=C(N)c1ccc(OCc2cccc(Cl)c2)c(F)c1. The molecular formula is C14H13Cl2FN2O. The van der Waals surface area contributed by atoms with Gasteiger partial charge in [0.1, 0.15) is 12.4 Å². The molecule has 2 rings (SSSR count). The summed E-state index contributed by atoms with van der Waals surface area (Å²) in [5.41, 5.74) is 6.45. The number of halogens is 3.